The molecule has 1 aliphatic heterocycles. The van der Waals surface area contributed by atoms with Crippen LogP contribution in [0.2, 0.25) is 0 Å². The molecule has 3 heteroatoms. The smallest absolute Gasteiger partial charge is 0.119 e. The summed E-state index contributed by atoms with van der Waals surface area (Å²) in [6.45, 7) is 6.36. The molecule has 1 heterocycles. The number of hydrogen-bond acceptors (Lipinski definition) is 3. The minimum absolute atomic E-state index is 0.240. The molecule has 18 heavy (non-hydrogen) atoms. The van der Waals surface area contributed by atoms with Crippen molar-refractivity contribution in [2.24, 2.45) is 0 Å². The molecule has 1 aromatic rings. The molecule has 2 atom stereocenters. The van der Waals surface area contributed by atoms with E-state index in [1.165, 1.54) is 23.5 Å². The second-order valence-corrected chi connectivity index (χ2v) is 6.17. The second-order valence-electron chi connectivity index (χ2n) is 5.10. The molecule has 1 aromatic carbocycles. The van der Waals surface area contributed by atoms with E-state index >= 15 is 0 Å². The van der Waals surface area contributed by atoms with Gasteiger partial charge < -0.3 is 10.1 Å². The van der Waals surface area contributed by atoms with Crippen molar-refractivity contribution in [2.45, 2.75) is 45.4 Å². The van der Waals surface area contributed by atoms with Gasteiger partial charge in [-0.25, -0.2) is 0 Å². The molecule has 0 aromatic heterocycles. The van der Waals surface area contributed by atoms with Gasteiger partial charge in [-0.2, -0.15) is 11.8 Å². The molecule has 1 fully saturated rings. The van der Waals surface area contributed by atoms with Gasteiger partial charge in [0.15, 0.2) is 0 Å². The first-order valence-corrected chi connectivity index (χ1v) is 7.95. The van der Waals surface area contributed by atoms with Gasteiger partial charge in [0.1, 0.15) is 5.75 Å². The van der Waals surface area contributed by atoms with Crippen LogP contribution in [0.5, 0.6) is 5.75 Å². The van der Waals surface area contributed by atoms with Gasteiger partial charge in [-0.1, -0.05) is 19.1 Å². The zero-order chi connectivity index (χ0) is 13.0. The topological polar surface area (TPSA) is 21.3 Å². The van der Waals surface area contributed by atoms with E-state index in [1.54, 1.807) is 0 Å². The highest BCUT2D eigenvalue weighted by Gasteiger charge is 2.21. The molecule has 100 valence electrons. The Morgan fingerprint density at radius 1 is 1.28 bits per heavy atom. The molecule has 1 aliphatic rings. The van der Waals surface area contributed by atoms with Gasteiger partial charge in [0, 0.05) is 23.6 Å². The molecule has 1 saturated heterocycles. The van der Waals surface area contributed by atoms with Crippen molar-refractivity contribution in [2.75, 3.05) is 11.5 Å². The zero-order valence-corrected chi connectivity index (χ0v) is 12.3. The van der Waals surface area contributed by atoms with Crippen LogP contribution in [-0.2, 0) is 0 Å². The number of hydrogen-bond donors (Lipinski definition) is 1. The summed E-state index contributed by atoms with van der Waals surface area (Å²) in [5, 5.41) is 3.72. The first-order valence-electron chi connectivity index (χ1n) is 6.79. The quantitative estimate of drug-likeness (QED) is 0.898. The summed E-state index contributed by atoms with van der Waals surface area (Å²) in [5.41, 5.74) is 1.37. The third kappa shape index (κ3) is 3.66. The Balaban J connectivity index is 2.00. The van der Waals surface area contributed by atoms with Gasteiger partial charge in [-0.05, 0) is 38.0 Å². The zero-order valence-electron chi connectivity index (χ0n) is 11.5. The van der Waals surface area contributed by atoms with Crippen LogP contribution in [0.3, 0.4) is 0 Å². The largest absolute Gasteiger partial charge is 0.491 e. The van der Waals surface area contributed by atoms with Gasteiger partial charge >= 0.3 is 0 Å². The van der Waals surface area contributed by atoms with E-state index < -0.39 is 0 Å². The van der Waals surface area contributed by atoms with Crippen molar-refractivity contribution in [1.82, 2.24) is 5.32 Å². The normalized spacial score (nSPS) is 24.2. The average Bonchev–Trinajstić information content (AvgIpc) is 2.39. The SMILES string of the molecule is CCC1CSCC(c2ccc(OC(C)C)cc2)N1. The predicted octanol–water partition coefficient (Wildman–Crippen LogP) is 3.63. The molecule has 0 aliphatic carbocycles. The molecule has 2 unspecified atom stereocenters. The summed E-state index contributed by atoms with van der Waals surface area (Å²) in [5.74, 6) is 3.37. The highest BCUT2D eigenvalue weighted by atomic mass is 32.2. The van der Waals surface area contributed by atoms with Crippen LogP contribution in [0.1, 0.15) is 38.8 Å². The second kappa shape index (κ2) is 6.48. The van der Waals surface area contributed by atoms with Gasteiger partial charge in [0.05, 0.1) is 6.10 Å². The number of thioether (sulfide) groups is 1. The summed E-state index contributed by atoms with van der Waals surface area (Å²) < 4.78 is 5.67. The van der Waals surface area contributed by atoms with Gasteiger partial charge in [-0.15, -0.1) is 0 Å². The molecule has 0 spiro atoms. The Labute approximate surface area is 114 Å². The van der Waals surface area contributed by atoms with Crippen LogP contribution < -0.4 is 10.1 Å². The third-order valence-corrected chi connectivity index (χ3v) is 4.39. The van der Waals surface area contributed by atoms with E-state index in [0.717, 1.165) is 5.75 Å². The van der Waals surface area contributed by atoms with Gasteiger partial charge in [-0.3, -0.25) is 0 Å². The summed E-state index contributed by atoms with van der Waals surface area (Å²) >= 11 is 2.05. The number of rotatable bonds is 4. The highest BCUT2D eigenvalue weighted by molar-refractivity contribution is 7.99. The molecule has 1 N–H and O–H groups in total. The Kier molecular flexibility index (Phi) is 4.95. The Morgan fingerprint density at radius 2 is 2.00 bits per heavy atom. The first kappa shape index (κ1) is 13.8. The lowest BCUT2D eigenvalue weighted by molar-refractivity contribution is 0.242. The van der Waals surface area contributed by atoms with E-state index in [-0.39, 0.29) is 6.10 Å². The van der Waals surface area contributed by atoms with E-state index in [2.05, 4.69) is 62.1 Å². The summed E-state index contributed by atoms with van der Waals surface area (Å²) in [4.78, 5) is 0. The summed E-state index contributed by atoms with van der Waals surface area (Å²) in [7, 11) is 0. The van der Waals surface area contributed by atoms with Crippen LogP contribution in [0.25, 0.3) is 0 Å². The van der Waals surface area contributed by atoms with Crippen molar-refractivity contribution in [3.05, 3.63) is 29.8 Å². The van der Waals surface area contributed by atoms with E-state index in [4.69, 9.17) is 4.74 Å². The lowest BCUT2D eigenvalue weighted by Crippen LogP contribution is -2.39. The fraction of sp³-hybridized carbons (Fsp3) is 0.600. The number of ether oxygens (including phenoxy) is 1. The monoisotopic (exact) mass is 265 g/mol. The van der Waals surface area contributed by atoms with Crippen LogP contribution in [-0.4, -0.2) is 23.7 Å². The maximum absolute atomic E-state index is 5.67. The van der Waals surface area contributed by atoms with E-state index in [9.17, 15) is 0 Å². The minimum Gasteiger partial charge on any atom is -0.491 e. The van der Waals surface area contributed by atoms with Crippen LogP contribution >= 0.6 is 11.8 Å². The Morgan fingerprint density at radius 3 is 2.61 bits per heavy atom. The van der Waals surface area contributed by atoms with Crippen molar-refractivity contribution in [3.8, 4) is 5.75 Å². The molecule has 0 radical (unpaired) electrons. The van der Waals surface area contributed by atoms with Crippen molar-refractivity contribution >= 4 is 11.8 Å². The molecule has 0 amide bonds. The summed E-state index contributed by atoms with van der Waals surface area (Å²) in [6.07, 6.45) is 1.45. The standard InChI is InChI=1S/C15H23NOS/c1-4-13-9-18-10-15(16-13)12-5-7-14(8-6-12)17-11(2)3/h5-8,11,13,15-16H,4,9-10H2,1-3H3. The fourth-order valence-electron chi connectivity index (χ4n) is 2.19. The first-order chi connectivity index (χ1) is 8.69. The fourth-order valence-corrected chi connectivity index (χ4v) is 3.46. The van der Waals surface area contributed by atoms with Crippen molar-refractivity contribution in [1.29, 1.82) is 0 Å². The van der Waals surface area contributed by atoms with Crippen LogP contribution in [0.15, 0.2) is 24.3 Å². The summed E-state index contributed by atoms with van der Waals surface area (Å²) in [6, 6.07) is 9.68. The Bertz CT molecular complexity index is 363. The maximum atomic E-state index is 5.67. The van der Waals surface area contributed by atoms with Gasteiger partial charge in [0.2, 0.25) is 0 Å². The Hall–Kier alpha value is -0.670. The van der Waals surface area contributed by atoms with E-state index in [1.807, 2.05) is 0 Å². The van der Waals surface area contributed by atoms with Gasteiger partial charge in [0.25, 0.3) is 0 Å². The lowest BCUT2D eigenvalue weighted by atomic mass is 10.1. The molecular formula is C15H23NOS. The molecule has 0 saturated carbocycles. The molecule has 0 bridgehead atoms. The predicted molar refractivity (Wildman–Crippen MR) is 79.5 cm³/mol. The molecule has 2 nitrogen and oxygen atoms in total. The molecule has 2 rings (SSSR count). The molecular weight excluding hydrogens is 242 g/mol. The number of nitrogens with one attached hydrogen (secondary N) is 1. The minimum atomic E-state index is 0.240. The number of benzene rings is 1. The lowest BCUT2D eigenvalue weighted by Gasteiger charge is -2.30. The van der Waals surface area contributed by atoms with Crippen molar-refractivity contribution in [3.63, 3.8) is 0 Å². The van der Waals surface area contributed by atoms with E-state index in [0.29, 0.717) is 12.1 Å². The van der Waals surface area contributed by atoms with Crippen molar-refractivity contribution < 1.29 is 4.74 Å². The third-order valence-electron chi connectivity index (χ3n) is 3.19. The highest BCUT2D eigenvalue weighted by Crippen LogP contribution is 2.26. The maximum Gasteiger partial charge on any atom is 0.119 e. The average molecular weight is 265 g/mol. The van der Waals surface area contributed by atoms with Crippen LogP contribution in [0.4, 0.5) is 0 Å². The van der Waals surface area contributed by atoms with Crippen LogP contribution in [0, 0.1) is 0 Å².